The Hall–Kier alpha value is -2.59. The van der Waals surface area contributed by atoms with Crippen molar-refractivity contribution in [2.45, 2.75) is 25.7 Å². The highest BCUT2D eigenvalue weighted by Gasteiger charge is 2.21. The van der Waals surface area contributed by atoms with Crippen LogP contribution in [-0.2, 0) is 22.4 Å². The van der Waals surface area contributed by atoms with Crippen LogP contribution in [0.3, 0.4) is 0 Å². The first-order valence-electron chi connectivity index (χ1n) is 8.97. The normalized spacial score (nSPS) is 12.6. The van der Waals surface area contributed by atoms with Crippen LogP contribution in [0.1, 0.15) is 24.0 Å². The molecule has 0 unspecified atom stereocenters. The minimum atomic E-state index is -0.194. The summed E-state index contributed by atoms with van der Waals surface area (Å²) in [5.41, 5.74) is 5.32. The highest BCUT2D eigenvalue weighted by molar-refractivity contribution is 5.91. The van der Waals surface area contributed by atoms with E-state index in [0.717, 1.165) is 52.9 Å². The molecule has 4 nitrogen and oxygen atoms in total. The van der Waals surface area contributed by atoms with Gasteiger partial charge in [0.25, 0.3) is 0 Å². The van der Waals surface area contributed by atoms with E-state index in [4.69, 9.17) is 14.5 Å². The molecule has 0 bridgehead atoms. The molecule has 1 aromatic heterocycles. The van der Waals surface area contributed by atoms with E-state index in [-0.39, 0.29) is 18.4 Å². The number of halogens is 1. The topological polar surface area (TPSA) is 48.4 Å². The lowest BCUT2D eigenvalue weighted by molar-refractivity contribution is -0.140. The van der Waals surface area contributed by atoms with Crippen molar-refractivity contribution in [3.05, 3.63) is 59.7 Å². The number of fused-ring (bicyclic) bond motifs is 3. The minimum absolute atomic E-state index is 0. The zero-order chi connectivity index (χ0) is 17.9. The van der Waals surface area contributed by atoms with E-state index < -0.39 is 0 Å². The van der Waals surface area contributed by atoms with Crippen LogP contribution in [0.5, 0.6) is 5.75 Å². The Morgan fingerprint density at radius 2 is 2.00 bits per heavy atom. The summed E-state index contributed by atoms with van der Waals surface area (Å²) in [6, 6.07) is 16.4. The smallest absolute Gasteiger partial charge is 0.305 e. The highest BCUT2D eigenvalue weighted by Crippen LogP contribution is 2.39. The predicted molar refractivity (Wildman–Crippen MR) is 109 cm³/mol. The molecule has 1 aliphatic rings. The van der Waals surface area contributed by atoms with E-state index >= 15 is 0 Å². The van der Waals surface area contributed by atoms with Gasteiger partial charge in [-0.15, -0.1) is 12.4 Å². The van der Waals surface area contributed by atoms with Crippen molar-refractivity contribution in [1.29, 1.82) is 0 Å². The molecule has 2 heterocycles. The number of pyridine rings is 1. The monoisotopic (exact) mass is 383 g/mol. The third kappa shape index (κ3) is 3.91. The molecule has 27 heavy (non-hydrogen) atoms. The van der Waals surface area contributed by atoms with Gasteiger partial charge in [0.15, 0.2) is 0 Å². The van der Waals surface area contributed by atoms with Crippen LogP contribution in [-0.4, -0.2) is 24.7 Å². The van der Waals surface area contributed by atoms with Gasteiger partial charge in [0.2, 0.25) is 0 Å². The average molecular weight is 384 g/mol. The third-order valence-electron chi connectivity index (χ3n) is 4.81. The molecule has 0 N–H and O–H groups in total. The van der Waals surface area contributed by atoms with Crippen molar-refractivity contribution in [3.63, 3.8) is 0 Å². The molecule has 1 aliphatic heterocycles. The van der Waals surface area contributed by atoms with Crippen molar-refractivity contribution in [2.75, 3.05) is 13.7 Å². The zero-order valence-electron chi connectivity index (χ0n) is 15.2. The first kappa shape index (κ1) is 19.2. The van der Waals surface area contributed by atoms with Crippen LogP contribution in [0.15, 0.2) is 48.5 Å². The van der Waals surface area contributed by atoms with Gasteiger partial charge < -0.3 is 9.47 Å². The van der Waals surface area contributed by atoms with Crippen LogP contribution in [0.2, 0.25) is 0 Å². The molecule has 0 radical (unpaired) electrons. The van der Waals surface area contributed by atoms with Crippen LogP contribution in [0.4, 0.5) is 0 Å². The molecular formula is C22H22ClNO3. The number of esters is 1. The molecule has 0 amide bonds. The molecule has 140 valence electrons. The van der Waals surface area contributed by atoms with E-state index in [9.17, 15) is 4.79 Å². The van der Waals surface area contributed by atoms with Gasteiger partial charge in [-0.2, -0.15) is 0 Å². The van der Waals surface area contributed by atoms with E-state index in [1.54, 1.807) is 0 Å². The number of benzene rings is 2. The predicted octanol–water partition coefficient (Wildman–Crippen LogP) is 4.75. The van der Waals surface area contributed by atoms with Crippen molar-refractivity contribution < 1.29 is 14.3 Å². The second-order valence-corrected chi connectivity index (χ2v) is 6.51. The number of aryl methyl sites for hydroxylation is 1. The molecule has 2 aromatic carbocycles. The maximum absolute atomic E-state index is 11.4. The largest absolute Gasteiger partial charge is 0.493 e. The molecule has 4 rings (SSSR count). The fourth-order valence-electron chi connectivity index (χ4n) is 3.48. The molecule has 5 heteroatoms. The third-order valence-corrected chi connectivity index (χ3v) is 4.81. The lowest BCUT2D eigenvalue weighted by atomic mass is 9.96. The highest BCUT2D eigenvalue weighted by atomic mass is 35.5. The van der Waals surface area contributed by atoms with E-state index in [1.807, 2.05) is 30.3 Å². The maximum atomic E-state index is 11.4. The lowest BCUT2D eigenvalue weighted by Gasteiger charge is -2.22. The van der Waals surface area contributed by atoms with Gasteiger partial charge >= 0.3 is 5.97 Å². The summed E-state index contributed by atoms with van der Waals surface area (Å²) in [5.74, 6) is 0.751. The van der Waals surface area contributed by atoms with Crippen LogP contribution in [0.25, 0.3) is 22.2 Å². The van der Waals surface area contributed by atoms with Gasteiger partial charge in [-0.25, -0.2) is 4.98 Å². The fraction of sp³-hybridized carbons (Fsp3) is 0.273. The Bertz CT molecular complexity index is 957. The van der Waals surface area contributed by atoms with Crippen molar-refractivity contribution in [2.24, 2.45) is 0 Å². The number of hydrogen-bond donors (Lipinski definition) is 0. The second kappa shape index (κ2) is 8.40. The number of carbonyl (C=O) groups excluding carboxylic acids is 1. The number of methoxy groups -OCH3 is 1. The summed E-state index contributed by atoms with van der Waals surface area (Å²) in [5, 5.41) is 1.03. The Balaban J connectivity index is 0.00000210. The van der Waals surface area contributed by atoms with E-state index in [1.165, 1.54) is 12.7 Å². The van der Waals surface area contributed by atoms with Gasteiger partial charge in [-0.3, -0.25) is 4.79 Å². The Morgan fingerprint density at radius 1 is 1.19 bits per heavy atom. The van der Waals surface area contributed by atoms with Crippen LogP contribution in [0, 0.1) is 0 Å². The molecule has 3 aromatic rings. The van der Waals surface area contributed by atoms with E-state index in [0.29, 0.717) is 12.8 Å². The lowest BCUT2D eigenvalue weighted by Crippen LogP contribution is -2.11. The van der Waals surface area contributed by atoms with Crippen molar-refractivity contribution in [1.82, 2.24) is 4.98 Å². The zero-order valence-corrected chi connectivity index (χ0v) is 16.1. The maximum Gasteiger partial charge on any atom is 0.305 e. The van der Waals surface area contributed by atoms with Gasteiger partial charge in [0, 0.05) is 22.9 Å². The van der Waals surface area contributed by atoms with Crippen LogP contribution < -0.4 is 4.74 Å². The number of nitrogens with zero attached hydrogens (tertiary/aromatic N) is 1. The summed E-state index contributed by atoms with van der Waals surface area (Å²) in [4.78, 5) is 16.4. The second-order valence-electron chi connectivity index (χ2n) is 6.51. The number of rotatable bonds is 4. The molecule has 0 aliphatic carbocycles. The summed E-state index contributed by atoms with van der Waals surface area (Å²) >= 11 is 0. The average Bonchev–Trinajstić information content (AvgIpc) is 2.72. The quantitative estimate of drug-likeness (QED) is 0.610. The van der Waals surface area contributed by atoms with Gasteiger partial charge in [0.05, 0.1) is 24.9 Å². The Labute approximate surface area is 164 Å². The summed E-state index contributed by atoms with van der Waals surface area (Å²) in [7, 11) is 1.42. The summed E-state index contributed by atoms with van der Waals surface area (Å²) in [6.45, 7) is 0.729. The first-order valence-corrected chi connectivity index (χ1v) is 8.97. The molecule has 0 saturated carbocycles. The molecule has 0 atom stereocenters. The summed E-state index contributed by atoms with van der Waals surface area (Å²) in [6.07, 6.45) is 3.00. The van der Waals surface area contributed by atoms with Crippen LogP contribution >= 0.6 is 12.4 Å². The van der Waals surface area contributed by atoms with E-state index in [2.05, 4.69) is 18.2 Å². The number of ether oxygens (including phenoxy) is 2. The van der Waals surface area contributed by atoms with Gasteiger partial charge in [-0.1, -0.05) is 36.4 Å². The molecular weight excluding hydrogens is 362 g/mol. The summed E-state index contributed by atoms with van der Waals surface area (Å²) < 4.78 is 10.8. The molecule has 0 saturated heterocycles. The number of carbonyl (C=O) groups is 1. The van der Waals surface area contributed by atoms with Crippen molar-refractivity contribution in [3.8, 4) is 17.0 Å². The Kier molecular flexibility index (Phi) is 5.97. The first-order chi connectivity index (χ1) is 12.8. The Morgan fingerprint density at radius 3 is 2.78 bits per heavy atom. The molecule has 0 spiro atoms. The van der Waals surface area contributed by atoms with Gasteiger partial charge in [0.1, 0.15) is 5.75 Å². The molecule has 0 fully saturated rings. The van der Waals surface area contributed by atoms with Gasteiger partial charge in [-0.05, 0) is 37.0 Å². The number of aromatic nitrogens is 1. The fourth-order valence-corrected chi connectivity index (χ4v) is 3.48. The van der Waals surface area contributed by atoms with Crippen molar-refractivity contribution >= 4 is 29.3 Å². The standard InChI is InChI=1S/C22H21NO3.ClH/c1-25-20(24)12-10-15-9-11-19-18(14-15)22-17(8-5-13-26-22)21(23-19)16-6-3-2-4-7-16;/h2-4,6-7,9,11,14H,5,8,10,12-13H2,1H3;1H. The number of hydrogen-bond acceptors (Lipinski definition) is 4. The minimum Gasteiger partial charge on any atom is -0.493 e. The SMILES string of the molecule is COC(=O)CCc1ccc2nc(-c3ccccc3)c3c(c2c1)OCCC3.Cl.